The fraction of sp³-hybridized carbons (Fsp3) is 0.303. The van der Waals surface area contributed by atoms with Crippen LogP contribution in [0.25, 0.3) is 0 Å². The Bertz CT molecular complexity index is 1440. The lowest BCUT2D eigenvalue weighted by Gasteiger charge is -2.45. The molecule has 3 aromatic rings. The molecule has 9 nitrogen and oxygen atoms in total. The number of likely N-dealkylation sites (tertiary alicyclic amines) is 1. The fourth-order valence-corrected chi connectivity index (χ4v) is 6.72. The topological polar surface area (TPSA) is 122 Å². The van der Waals surface area contributed by atoms with Crippen molar-refractivity contribution in [2.24, 2.45) is 11.8 Å². The Hall–Kier alpha value is -4.79. The monoisotopic (exact) mass is 565 g/mol. The third-order valence-corrected chi connectivity index (χ3v) is 8.52. The third-order valence-electron chi connectivity index (χ3n) is 8.52. The minimum Gasteiger partial charge on any atom is -0.455 e. The van der Waals surface area contributed by atoms with Gasteiger partial charge in [0, 0.05) is 30.4 Å². The summed E-state index contributed by atoms with van der Waals surface area (Å²) in [5.41, 5.74) is 9.46. The minimum atomic E-state index is -0.654. The Kier molecular flexibility index (Phi) is 7.56. The van der Waals surface area contributed by atoms with Crippen molar-refractivity contribution in [2.45, 2.75) is 37.5 Å². The summed E-state index contributed by atoms with van der Waals surface area (Å²) in [7, 11) is 0. The lowest BCUT2D eigenvalue weighted by Crippen LogP contribution is -2.43. The standard InChI is InChI=1S/C33H31N3O6/c37-25(34-35-31(39)20-11-3-1-4-12-20)19-42-26(38)17-5-2-10-18-36-32(40)29-27-21-13-6-7-14-22(21)28(30(29)33(36)41)24-16-9-8-15-23(24)27/h1,3-4,6-9,11-16,27-30H,2,5,10,17-19H2,(H,34,37)(H,35,39)/t27?,28?,29-,30-/m0/s1. The zero-order valence-electron chi connectivity index (χ0n) is 23.0. The molecular formula is C33H31N3O6. The number of rotatable bonds is 9. The number of benzene rings is 3. The first-order valence-corrected chi connectivity index (χ1v) is 14.3. The van der Waals surface area contributed by atoms with Crippen molar-refractivity contribution < 1.29 is 28.7 Å². The number of hydrogen-bond donors (Lipinski definition) is 2. The predicted molar refractivity (Wildman–Crippen MR) is 152 cm³/mol. The zero-order valence-corrected chi connectivity index (χ0v) is 23.0. The first kappa shape index (κ1) is 27.4. The summed E-state index contributed by atoms with van der Waals surface area (Å²) >= 11 is 0. The van der Waals surface area contributed by atoms with E-state index in [9.17, 15) is 24.0 Å². The van der Waals surface area contributed by atoms with E-state index in [2.05, 4.69) is 35.1 Å². The number of hydrazine groups is 1. The number of hydrogen-bond acceptors (Lipinski definition) is 6. The highest BCUT2D eigenvalue weighted by atomic mass is 16.5. The number of amides is 4. The lowest BCUT2D eigenvalue weighted by molar-refractivity contribution is -0.148. The van der Waals surface area contributed by atoms with Gasteiger partial charge in [-0.25, -0.2) is 0 Å². The maximum absolute atomic E-state index is 13.6. The Morgan fingerprint density at radius 1 is 0.667 bits per heavy atom. The molecule has 9 heteroatoms. The second-order valence-electron chi connectivity index (χ2n) is 10.9. The summed E-state index contributed by atoms with van der Waals surface area (Å²) in [4.78, 5) is 64.6. The van der Waals surface area contributed by atoms with Gasteiger partial charge in [0.1, 0.15) is 0 Å². The van der Waals surface area contributed by atoms with Crippen molar-refractivity contribution in [1.82, 2.24) is 15.8 Å². The van der Waals surface area contributed by atoms with Crippen LogP contribution in [0.15, 0.2) is 78.9 Å². The van der Waals surface area contributed by atoms with Crippen LogP contribution in [0.2, 0.25) is 0 Å². The van der Waals surface area contributed by atoms with Crippen LogP contribution in [0.3, 0.4) is 0 Å². The van der Waals surface area contributed by atoms with Crippen LogP contribution in [0.4, 0.5) is 0 Å². The number of unbranched alkanes of at least 4 members (excludes halogenated alkanes) is 2. The molecule has 4 amide bonds. The van der Waals surface area contributed by atoms with E-state index >= 15 is 0 Å². The van der Waals surface area contributed by atoms with Gasteiger partial charge in [0.15, 0.2) is 6.61 Å². The van der Waals surface area contributed by atoms with Crippen LogP contribution in [0, 0.1) is 11.8 Å². The number of nitrogens with zero attached hydrogens (tertiary/aromatic N) is 1. The Morgan fingerprint density at radius 2 is 1.19 bits per heavy atom. The fourth-order valence-electron chi connectivity index (χ4n) is 6.72. The number of carbonyl (C=O) groups is 5. The van der Waals surface area contributed by atoms with E-state index in [0.717, 1.165) is 22.3 Å². The molecule has 7 rings (SSSR count). The van der Waals surface area contributed by atoms with Gasteiger partial charge in [-0.2, -0.15) is 0 Å². The summed E-state index contributed by atoms with van der Waals surface area (Å²) in [5.74, 6) is -2.88. The summed E-state index contributed by atoms with van der Waals surface area (Å²) in [6.07, 6.45) is 1.79. The highest BCUT2D eigenvalue weighted by molar-refractivity contribution is 6.07. The van der Waals surface area contributed by atoms with E-state index in [0.29, 0.717) is 31.4 Å². The maximum Gasteiger partial charge on any atom is 0.306 e. The van der Waals surface area contributed by atoms with Gasteiger partial charge < -0.3 is 4.74 Å². The zero-order chi connectivity index (χ0) is 29.2. The third kappa shape index (κ3) is 4.95. The van der Waals surface area contributed by atoms with Gasteiger partial charge in [-0.1, -0.05) is 73.2 Å². The SMILES string of the molecule is O=C(COC(=O)CCCCCN1C(=O)[C@H]2C3c4ccccc4C(c4ccccc43)[C@@H]2C1=O)NNC(=O)c1ccccc1. The number of ether oxygens (including phenoxy) is 1. The molecular weight excluding hydrogens is 534 g/mol. The van der Waals surface area contributed by atoms with Crippen molar-refractivity contribution in [3.8, 4) is 0 Å². The number of carbonyl (C=O) groups excluding carboxylic acids is 5. The van der Waals surface area contributed by atoms with Gasteiger partial charge >= 0.3 is 5.97 Å². The summed E-state index contributed by atoms with van der Waals surface area (Å²) < 4.78 is 4.99. The molecule has 4 aliphatic rings. The van der Waals surface area contributed by atoms with Gasteiger partial charge in [0.25, 0.3) is 11.8 Å². The molecule has 2 bridgehead atoms. The van der Waals surface area contributed by atoms with E-state index in [1.807, 2.05) is 24.3 Å². The molecule has 0 spiro atoms. The largest absolute Gasteiger partial charge is 0.455 e. The van der Waals surface area contributed by atoms with Crippen LogP contribution in [0.1, 0.15) is 70.1 Å². The van der Waals surface area contributed by atoms with Crippen LogP contribution in [-0.4, -0.2) is 47.6 Å². The van der Waals surface area contributed by atoms with E-state index < -0.39 is 24.4 Å². The molecule has 1 heterocycles. The van der Waals surface area contributed by atoms with Crippen LogP contribution in [-0.2, 0) is 23.9 Å². The molecule has 0 unspecified atom stereocenters. The highest BCUT2D eigenvalue weighted by Crippen LogP contribution is 2.60. The molecule has 1 fully saturated rings. The van der Waals surface area contributed by atoms with Crippen molar-refractivity contribution in [2.75, 3.05) is 13.2 Å². The quantitative estimate of drug-likeness (QED) is 0.177. The molecule has 0 saturated carbocycles. The minimum absolute atomic E-state index is 0.103. The molecule has 1 aliphatic heterocycles. The van der Waals surface area contributed by atoms with Crippen LogP contribution >= 0.6 is 0 Å². The molecule has 1 saturated heterocycles. The van der Waals surface area contributed by atoms with Crippen molar-refractivity contribution in [1.29, 1.82) is 0 Å². The summed E-state index contributed by atoms with van der Waals surface area (Å²) in [6.45, 7) is -0.198. The maximum atomic E-state index is 13.6. The summed E-state index contributed by atoms with van der Waals surface area (Å²) in [5, 5.41) is 0. The van der Waals surface area contributed by atoms with Crippen LogP contribution in [0.5, 0.6) is 0 Å². The average molecular weight is 566 g/mol. The molecule has 2 atom stereocenters. The smallest absolute Gasteiger partial charge is 0.306 e. The Morgan fingerprint density at radius 3 is 1.74 bits per heavy atom. The number of nitrogens with one attached hydrogen (secondary N) is 2. The van der Waals surface area contributed by atoms with Gasteiger partial charge in [0.05, 0.1) is 11.8 Å². The van der Waals surface area contributed by atoms with Gasteiger partial charge in [-0.15, -0.1) is 0 Å². The van der Waals surface area contributed by atoms with Crippen molar-refractivity contribution in [3.63, 3.8) is 0 Å². The van der Waals surface area contributed by atoms with E-state index in [-0.39, 0.29) is 41.9 Å². The molecule has 42 heavy (non-hydrogen) atoms. The first-order valence-electron chi connectivity index (χ1n) is 14.3. The summed E-state index contributed by atoms with van der Waals surface area (Å²) in [6, 6.07) is 24.7. The van der Waals surface area contributed by atoms with Gasteiger partial charge in [-0.05, 0) is 47.2 Å². The van der Waals surface area contributed by atoms with Crippen LogP contribution < -0.4 is 10.9 Å². The second-order valence-corrected chi connectivity index (χ2v) is 10.9. The lowest BCUT2D eigenvalue weighted by atomic mass is 9.55. The molecule has 0 radical (unpaired) electrons. The Balaban J connectivity index is 0.960. The molecule has 214 valence electrons. The molecule has 3 aromatic carbocycles. The Labute approximate surface area is 243 Å². The van der Waals surface area contributed by atoms with Gasteiger partial charge in [-0.3, -0.25) is 39.7 Å². The van der Waals surface area contributed by atoms with Crippen molar-refractivity contribution >= 4 is 29.6 Å². The highest BCUT2D eigenvalue weighted by Gasteiger charge is 2.61. The number of imide groups is 1. The second kappa shape index (κ2) is 11.6. The van der Waals surface area contributed by atoms with E-state index in [1.54, 1.807) is 30.3 Å². The number of esters is 1. The normalized spacial score (nSPS) is 21.3. The molecule has 0 aromatic heterocycles. The predicted octanol–water partition coefficient (Wildman–Crippen LogP) is 3.44. The van der Waals surface area contributed by atoms with Crippen molar-refractivity contribution in [3.05, 3.63) is 107 Å². The molecule has 2 N–H and O–H groups in total. The van der Waals surface area contributed by atoms with E-state index in [4.69, 9.17) is 4.74 Å². The molecule has 3 aliphatic carbocycles. The van der Waals surface area contributed by atoms with E-state index in [1.165, 1.54) is 4.90 Å². The average Bonchev–Trinajstić information content (AvgIpc) is 3.28. The first-order chi connectivity index (χ1) is 20.5. The van der Waals surface area contributed by atoms with Gasteiger partial charge in [0.2, 0.25) is 11.8 Å².